The van der Waals surface area contributed by atoms with Crippen LogP contribution >= 0.6 is 0 Å². The summed E-state index contributed by atoms with van der Waals surface area (Å²) in [5, 5.41) is 4.79. The van der Waals surface area contributed by atoms with Crippen LogP contribution in [0.25, 0.3) is 11.3 Å². The topological polar surface area (TPSA) is 39.9 Å². The molecule has 0 bridgehead atoms. The number of pyridine rings is 1. The second-order valence-corrected chi connectivity index (χ2v) is 5.99. The molecule has 0 radical (unpaired) electrons. The predicted octanol–water partition coefficient (Wildman–Crippen LogP) is 3.61. The molecular weight excluding hydrogens is 286 g/mol. The molecule has 4 nitrogen and oxygen atoms in total. The van der Waals surface area contributed by atoms with Crippen molar-refractivity contribution in [2.24, 2.45) is 0 Å². The van der Waals surface area contributed by atoms with Gasteiger partial charge in [0.15, 0.2) is 0 Å². The number of rotatable bonds is 3. The number of nitrogens with zero attached hydrogens (tertiary/aromatic N) is 3. The Morgan fingerprint density at radius 2 is 1.96 bits per heavy atom. The molecule has 1 aliphatic rings. The first-order chi connectivity index (χ1) is 11.3. The van der Waals surface area contributed by atoms with Gasteiger partial charge in [0.05, 0.1) is 24.9 Å². The Balaban J connectivity index is 1.63. The molecule has 1 saturated heterocycles. The van der Waals surface area contributed by atoms with Crippen LogP contribution in [-0.4, -0.2) is 28.0 Å². The lowest BCUT2D eigenvalue weighted by molar-refractivity contribution is 0.183. The number of hydrogen-bond donors (Lipinski definition) is 0. The van der Waals surface area contributed by atoms with E-state index in [1.807, 2.05) is 25.3 Å². The fourth-order valence-electron chi connectivity index (χ4n) is 3.20. The van der Waals surface area contributed by atoms with Gasteiger partial charge in [-0.2, -0.15) is 5.10 Å². The van der Waals surface area contributed by atoms with Gasteiger partial charge in [0.2, 0.25) is 0 Å². The van der Waals surface area contributed by atoms with Crippen molar-refractivity contribution in [3.05, 3.63) is 72.2 Å². The van der Waals surface area contributed by atoms with E-state index in [9.17, 15) is 0 Å². The van der Waals surface area contributed by atoms with Gasteiger partial charge >= 0.3 is 0 Å². The van der Waals surface area contributed by atoms with E-state index in [1.54, 1.807) is 0 Å². The summed E-state index contributed by atoms with van der Waals surface area (Å²) in [5.41, 5.74) is 4.40. The molecule has 0 aliphatic carbocycles. The van der Waals surface area contributed by atoms with Gasteiger partial charge in [-0.3, -0.25) is 9.67 Å². The maximum Gasteiger partial charge on any atom is 0.0924 e. The minimum Gasteiger partial charge on any atom is -0.378 e. The van der Waals surface area contributed by atoms with Gasteiger partial charge in [-0.05, 0) is 30.7 Å². The Hall–Kier alpha value is -2.46. The molecule has 3 aromatic rings. The van der Waals surface area contributed by atoms with Crippen LogP contribution in [-0.2, 0) is 4.74 Å². The Bertz CT molecular complexity index is 797. The third kappa shape index (κ3) is 2.78. The highest BCUT2D eigenvalue weighted by atomic mass is 16.5. The minimum absolute atomic E-state index is 0.245. The first-order valence-corrected chi connectivity index (χ1v) is 7.92. The third-order valence-electron chi connectivity index (χ3n) is 4.42. The SMILES string of the molecule is Cc1cc(-c2ccn([C@H]3COC[C@@H]3c3ccccc3)n2)ccn1. The van der Waals surface area contributed by atoms with Crippen LogP contribution in [0.3, 0.4) is 0 Å². The largest absolute Gasteiger partial charge is 0.378 e. The summed E-state index contributed by atoms with van der Waals surface area (Å²) in [4.78, 5) is 4.25. The van der Waals surface area contributed by atoms with Crippen LogP contribution < -0.4 is 0 Å². The van der Waals surface area contributed by atoms with Gasteiger partial charge in [0, 0.05) is 29.6 Å². The van der Waals surface area contributed by atoms with Crippen LogP contribution in [0.1, 0.15) is 23.2 Å². The van der Waals surface area contributed by atoms with E-state index in [0.717, 1.165) is 23.6 Å². The quantitative estimate of drug-likeness (QED) is 0.742. The van der Waals surface area contributed by atoms with Crippen molar-refractivity contribution in [1.82, 2.24) is 14.8 Å². The van der Waals surface area contributed by atoms with Gasteiger partial charge < -0.3 is 4.74 Å². The van der Waals surface area contributed by atoms with E-state index in [1.165, 1.54) is 5.56 Å². The first kappa shape index (κ1) is 14.2. The van der Waals surface area contributed by atoms with Gasteiger partial charge in [-0.15, -0.1) is 0 Å². The highest BCUT2D eigenvalue weighted by Crippen LogP contribution is 2.34. The summed E-state index contributed by atoms with van der Waals surface area (Å²) >= 11 is 0. The lowest BCUT2D eigenvalue weighted by atomic mass is 9.95. The molecule has 4 heteroatoms. The van der Waals surface area contributed by atoms with E-state index < -0.39 is 0 Å². The zero-order valence-corrected chi connectivity index (χ0v) is 13.1. The number of benzene rings is 1. The number of aryl methyl sites for hydroxylation is 1. The van der Waals surface area contributed by atoms with Crippen molar-refractivity contribution < 1.29 is 4.74 Å². The smallest absolute Gasteiger partial charge is 0.0924 e. The molecule has 3 heterocycles. The van der Waals surface area contributed by atoms with Gasteiger partial charge in [0.1, 0.15) is 0 Å². The fraction of sp³-hybridized carbons (Fsp3) is 0.263. The Labute approximate surface area is 135 Å². The molecule has 0 amide bonds. The Kier molecular flexibility index (Phi) is 3.67. The molecular formula is C19H19N3O. The third-order valence-corrected chi connectivity index (χ3v) is 4.42. The van der Waals surface area contributed by atoms with Crippen LogP contribution in [0.2, 0.25) is 0 Å². The standard InChI is InChI=1S/C19H19N3O/c1-14-11-16(7-9-20-14)18-8-10-22(21-18)19-13-23-12-17(19)15-5-3-2-4-6-15/h2-11,17,19H,12-13H2,1H3/t17-,19+/m1/s1. The van der Waals surface area contributed by atoms with Crippen LogP contribution in [0.4, 0.5) is 0 Å². The lowest BCUT2D eigenvalue weighted by Gasteiger charge is -2.18. The molecule has 0 unspecified atom stereocenters. The maximum absolute atomic E-state index is 5.74. The van der Waals surface area contributed by atoms with E-state index in [0.29, 0.717) is 12.5 Å². The zero-order valence-electron chi connectivity index (χ0n) is 13.1. The van der Waals surface area contributed by atoms with Crippen molar-refractivity contribution in [2.75, 3.05) is 13.2 Å². The molecule has 1 aliphatic heterocycles. The minimum atomic E-state index is 0.245. The monoisotopic (exact) mass is 305 g/mol. The summed E-state index contributed by atoms with van der Waals surface area (Å²) in [5.74, 6) is 0.350. The molecule has 2 aromatic heterocycles. The number of hydrogen-bond acceptors (Lipinski definition) is 3. The van der Waals surface area contributed by atoms with Crippen molar-refractivity contribution in [2.45, 2.75) is 18.9 Å². The second-order valence-electron chi connectivity index (χ2n) is 5.99. The molecule has 4 rings (SSSR count). The lowest BCUT2D eigenvalue weighted by Crippen LogP contribution is -2.17. The second kappa shape index (κ2) is 5.97. The van der Waals surface area contributed by atoms with Crippen LogP contribution in [0, 0.1) is 6.92 Å². The molecule has 23 heavy (non-hydrogen) atoms. The van der Waals surface area contributed by atoms with Crippen molar-refractivity contribution in [3.8, 4) is 11.3 Å². The average molecular weight is 305 g/mol. The van der Waals surface area contributed by atoms with Gasteiger partial charge in [0.25, 0.3) is 0 Å². The Morgan fingerprint density at radius 1 is 1.09 bits per heavy atom. The molecule has 2 atom stereocenters. The van der Waals surface area contributed by atoms with E-state index in [2.05, 4.69) is 52.3 Å². The highest BCUT2D eigenvalue weighted by Gasteiger charge is 2.31. The summed E-state index contributed by atoms with van der Waals surface area (Å²) in [7, 11) is 0. The molecule has 0 saturated carbocycles. The van der Waals surface area contributed by atoms with Crippen LogP contribution in [0.5, 0.6) is 0 Å². The summed E-state index contributed by atoms with van der Waals surface area (Å²) in [6.45, 7) is 3.45. The maximum atomic E-state index is 5.74. The molecule has 116 valence electrons. The summed E-state index contributed by atoms with van der Waals surface area (Å²) in [6.07, 6.45) is 3.88. The van der Waals surface area contributed by atoms with E-state index >= 15 is 0 Å². The number of ether oxygens (including phenoxy) is 1. The van der Waals surface area contributed by atoms with Crippen LogP contribution in [0.15, 0.2) is 60.9 Å². The predicted molar refractivity (Wildman–Crippen MR) is 89.2 cm³/mol. The molecule has 1 aromatic carbocycles. The van der Waals surface area contributed by atoms with Gasteiger partial charge in [-0.25, -0.2) is 0 Å². The first-order valence-electron chi connectivity index (χ1n) is 7.92. The molecule has 0 spiro atoms. The normalized spacial score (nSPS) is 20.7. The Morgan fingerprint density at radius 3 is 2.78 bits per heavy atom. The highest BCUT2D eigenvalue weighted by molar-refractivity contribution is 5.58. The fourth-order valence-corrected chi connectivity index (χ4v) is 3.20. The van der Waals surface area contributed by atoms with E-state index in [4.69, 9.17) is 9.84 Å². The van der Waals surface area contributed by atoms with Crippen molar-refractivity contribution in [3.63, 3.8) is 0 Å². The van der Waals surface area contributed by atoms with E-state index in [-0.39, 0.29) is 6.04 Å². The average Bonchev–Trinajstić information content (AvgIpc) is 3.25. The zero-order chi connectivity index (χ0) is 15.6. The number of aromatic nitrogens is 3. The molecule has 1 fully saturated rings. The van der Waals surface area contributed by atoms with Crippen molar-refractivity contribution in [1.29, 1.82) is 0 Å². The molecule has 0 N–H and O–H groups in total. The summed E-state index contributed by atoms with van der Waals surface area (Å²) < 4.78 is 7.79. The van der Waals surface area contributed by atoms with Crippen molar-refractivity contribution >= 4 is 0 Å². The van der Waals surface area contributed by atoms with Gasteiger partial charge in [-0.1, -0.05) is 30.3 Å². The summed E-state index contributed by atoms with van der Waals surface area (Å²) in [6, 6.07) is 16.9.